The van der Waals surface area contributed by atoms with E-state index in [4.69, 9.17) is 0 Å². The first kappa shape index (κ1) is 21.0. The number of carbonyl (C=O) groups is 1. The zero-order chi connectivity index (χ0) is 20.9. The third-order valence-electron chi connectivity index (χ3n) is 5.01. The molecule has 1 saturated heterocycles. The largest absolute Gasteiger partial charge is 0.351 e. The molecule has 1 aromatic heterocycles. The molecule has 1 aromatic carbocycles. The van der Waals surface area contributed by atoms with Gasteiger partial charge in [0.25, 0.3) is 0 Å². The number of piperidine rings is 1. The molecule has 4 rings (SSSR count). The van der Waals surface area contributed by atoms with Crippen molar-refractivity contribution in [1.82, 2.24) is 14.3 Å². The molecule has 30 heavy (non-hydrogen) atoms. The summed E-state index contributed by atoms with van der Waals surface area (Å²) in [7, 11) is -0.798. The summed E-state index contributed by atoms with van der Waals surface area (Å²) >= 11 is 1.54. The van der Waals surface area contributed by atoms with Gasteiger partial charge in [0.2, 0.25) is 11.9 Å². The molecule has 2 fully saturated rings. The highest BCUT2D eigenvalue weighted by molar-refractivity contribution is 7.99. The fourth-order valence-electron chi connectivity index (χ4n) is 3.23. The first-order valence-electron chi connectivity index (χ1n) is 10.1. The van der Waals surface area contributed by atoms with E-state index in [-0.39, 0.29) is 5.91 Å². The number of rotatable bonds is 8. The highest BCUT2D eigenvalue weighted by Crippen LogP contribution is 2.30. The Labute approximate surface area is 183 Å². The monoisotopic (exact) mass is 443 g/mol. The molecule has 0 spiro atoms. The third kappa shape index (κ3) is 5.68. The van der Waals surface area contributed by atoms with Crippen molar-refractivity contribution in [1.29, 1.82) is 0 Å². The molecule has 1 aliphatic carbocycles. The molecule has 1 atom stereocenters. The molecular weight excluding hydrogens is 418 g/mol. The Hall–Kier alpha value is -2.23. The summed E-state index contributed by atoms with van der Waals surface area (Å²) in [4.78, 5) is 21.4. The van der Waals surface area contributed by atoms with Crippen molar-refractivity contribution < 1.29 is 9.00 Å². The Bertz CT molecular complexity index is 925. The number of hydrogen-bond acceptors (Lipinski definition) is 6. The van der Waals surface area contributed by atoms with Crippen molar-refractivity contribution >= 4 is 40.3 Å². The van der Waals surface area contributed by atoms with Gasteiger partial charge in [0.05, 0.1) is 11.0 Å². The molecule has 0 radical (unpaired) electrons. The van der Waals surface area contributed by atoms with E-state index < -0.39 is 11.0 Å². The fraction of sp³-hybridized carbons (Fsp3) is 0.381. The maximum atomic E-state index is 12.3. The van der Waals surface area contributed by atoms with Crippen LogP contribution in [0.3, 0.4) is 0 Å². The second-order valence-electron chi connectivity index (χ2n) is 7.36. The second-order valence-corrected chi connectivity index (χ2v) is 10.2. The topological polar surface area (TPSA) is 87.2 Å². The summed E-state index contributed by atoms with van der Waals surface area (Å²) in [5, 5.41) is 7.41. The Morgan fingerprint density at radius 3 is 2.57 bits per heavy atom. The van der Waals surface area contributed by atoms with E-state index >= 15 is 0 Å². The predicted molar refractivity (Wildman–Crippen MR) is 121 cm³/mol. The van der Waals surface area contributed by atoms with Crippen LogP contribution in [0.5, 0.6) is 0 Å². The molecule has 158 valence electrons. The minimum Gasteiger partial charge on any atom is -0.351 e. The van der Waals surface area contributed by atoms with E-state index in [1.165, 1.54) is 17.8 Å². The van der Waals surface area contributed by atoms with Crippen LogP contribution in [0.25, 0.3) is 0 Å². The number of carbonyl (C=O) groups excluding carboxylic acids is 1. The predicted octanol–water partition coefficient (Wildman–Crippen LogP) is 3.45. The number of anilines is 2. The van der Waals surface area contributed by atoms with Crippen LogP contribution >= 0.6 is 11.8 Å². The van der Waals surface area contributed by atoms with Gasteiger partial charge in [-0.3, -0.25) is 4.79 Å². The van der Waals surface area contributed by atoms with E-state index in [0.717, 1.165) is 54.4 Å². The summed E-state index contributed by atoms with van der Waals surface area (Å²) in [6.45, 7) is 5.15. The minimum atomic E-state index is -0.798. The summed E-state index contributed by atoms with van der Waals surface area (Å²) in [5.74, 6) is 0.392. The molecule has 0 bridgehead atoms. The number of benzene rings is 1. The van der Waals surface area contributed by atoms with Gasteiger partial charge >= 0.3 is 0 Å². The van der Waals surface area contributed by atoms with Gasteiger partial charge in [-0.15, -0.1) is 0 Å². The Kier molecular flexibility index (Phi) is 6.81. The molecular formula is C21H25N5O2S2. The summed E-state index contributed by atoms with van der Waals surface area (Å²) < 4.78 is 14.4. The lowest BCUT2D eigenvalue weighted by molar-refractivity contribution is -0.111. The molecule has 1 saturated carbocycles. The SMILES string of the molecule is C=CC(=O)Nc1ccc(Sc2ccnc(NC3CCN(S(=O)C4CC4)CC3)n2)cc1. The van der Waals surface area contributed by atoms with Gasteiger partial charge < -0.3 is 10.6 Å². The lowest BCUT2D eigenvalue weighted by atomic mass is 10.1. The zero-order valence-corrected chi connectivity index (χ0v) is 18.3. The summed E-state index contributed by atoms with van der Waals surface area (Å²) in [5.41, 5.74) is 0.725. The van der Waals surface area contributed by atoms with Crippen LogP contribution in [0.15, 0.2) is 59.1 Å². The van der Waals surface area contributed by atoms with Crippen molar-refractivity contribution in [3.63, 3.8) is 0 Å². The molecule has 1 amide bonds. The van der Waals surface area contributed by atoms with Crippen molar-refractivity contribution in [2.75, 3.05) is 23.7 Å². The third-order valence-corrected chi connectivity index (χ3v) is 7.87. The second kappa shape index (κ2) is 9.72. The van der Waals surface area contributed by atoms with Gasteiger partial charge in [-0.25, -0.2) is 18.5 Å². The first-order valence-corrected chi connectivity index (χ1v) is 12.1. The lowest BCUT2D eigenvalue weighted by Gasteiger charge is -2.31. The maximum Gasteiger partial charge on any atom is 0.247 e. The van der Waals surface area contributed by atoms with Crippen LogP contribution < -0.4 is 10.6 Å². The normalized spacial score (nSPS) is 18.5. The van der Waals surface area contributed by atoms with Crippen molar-refractivity contribution in [3.05, 3.63) is 49.2 Å². The van der Waals surface area contributed by atoms with Gasteiger partial charge in [0.15, 0.2) is 0 Å². The number of hydrogen-bond donors (Lipinski definition) is 2. The molecule has 1 aliphatic heterocycles. The molecule has 2 aliphatic rings. The quantitative estimate of drug-likeness (QED) is 0.480. The van der Waals surface area contributed by atoms with E-state index in [0.29, 0.717) is 17.2 Å². The van der Waals surface area contributed by atoms with Crippen molar-refractivity contribution in [2.45, 2.75) is 46.9 Å². The van der Waals surface area contributed by atoms with Crippen molar-refractivity contribution in [2.24, 2.45) is 0 Å². The van der Waals surface area contributed by atoms with Gasteiger partial charge in [0.1, 0.15) is 5.03 Å². The number of amides is 1. The van der Waals surface area contributed by atoms with E-state index in [1.807, 2.05) is 30.3 Å². The first-order chi connectivity index (χ1) is 14.6. The Morgan fingerprint density at radius 2 is 1.90 bits per heavy atom. The summed E-state index contributed by atoms with van der Waals surface area (Å²) in [6, 6.07) is 9.76. The number of nitrogens with one attached hydrogen (secondary N) is 2. The van der Waals surface area contributed by atoms with Crippen LogP contribution in [-0.4, -0.2) is 48.8 Å². The lowest BCUT2D eigenvalue weighted by Crippen LogP contribution is -2.41. The molecule has 2 heterocycles. The van der Waals surface area contributed by atoms with Crippen LogP contribution in [0.1, 0.15) is 25.7 Å². The van der Waals surface area contributed by atoms with E-state index in [1.54, 1.807) is 6.20 Å². The smallest absolute Gasteiger partial charge is 0.247 e. The van der Waals surface area contributed by atoms with Crippen LogP contribution in [0, 0.1) is 0 Å². The number of aromatic nitrogens is 2. The molecule has 7 nitrogen and oxygen atoms in total. The van der Waals surface area contributed by atoms with Crippen LogP contribution in [0.2, 0.25) is 0 Å². The van der Waals surface area contributed by atoms with Gasteiger partial charge in [-0.05, 0) is 62.1 Å². The van der Waals surface area contributed by atoms with Crippen LogP contribution in [0.4, 0.5) is 11.6 Å². The molecule has 1 unspecified atom stereocenters. The van der Waals surface area contributed by atoms with E-state index in [2.05, 4.69) is 31.5 Å². The summed E-state index contributed by atoms with van der Waals surface area (Å²) in [6.07, 6.45) is 7.10. The van der Waals surface area contributed by atoms with Crippen molar-refractivity contribution in [3.8, 4) is 0 Å². The van der Waals surface area contributed by atoms with E-state index in [9.17, 15) is 9.00 Å². The fourth-order valence-corrected chi connectivity index (χ4v) is 5.54. The zero-order valence-electron chi connectivity index (χ0n) is 16.6. The standard InChI is InChI=1S/C21H25N5O2S2/c1-2-19(27)23-15-3-5-17(6-4-15)29-20-9-12-22-21(25-20)24-16-10-13-26(14-11-16)30(28)18-7-8-18/h2-6,9,12,16,18H,1,7-8,10-11,13-14H2,(H,23,27)(H,22,24,25). The minimum absolute atomic E-state index is 0.230. The highest BCUT2D eigenvalue weighted by Gasteiger charge is 2.34. The van der Waals surface area contributed by atoms with Gasteiger partial charge in [-0.1, -0.05) is 18.3 Å². The molecule has 2 N–H and O–H groups in total. The molecule has 2 aromatic rings. The van der Waals surface area contributed by atoms with Gasteiger partial charge in [0, 0.05) is 41.2 Å². The average Bonchev–Trinajstić information content (AvgIpc) is 3.61. The Morgan fingerprint density at radius 1 is 1.17 bits per heavy atom. The number of nitrogens with zero attached hydrogens (tertiary/aromatic N) is 3. The Balaban J connectivity index is 1.30. The van der Waals surface area contributed by atoms with Crippen LogP contribution in [-0.2, 0) is 15.8 Å². The maximum absolute atomic E-state index is 12.3. The molecule has 9 heteroatoms. The highest BCUT2D eigenvalue weighted by atomic mass is 32.2. The van der Waals surface area contributed by atoms with Gasteiger partial charge in [-0.2, -0.15) is 0 Å². The average molecular weight is 444 g/mol.